The van der Waals surface area contributed by atoms with Crippen molar-refractivity contribution >= 4 is 41.4 Å². The minimum Gasteiger partial charge on any atom is -0.437 e. The third-order valence-electron chi connectivity index (χ3n) is 6.31. The largest absolute Gasteiger partial charge is 0.437 e. The second kappa shape index (κ2) is 14.2. The lowest BCUT2D eigenvalue weighted by Gasteiger charge is -2.23. The number of carbonyl (C=O) groups excluding carboxylic acids is 4. The van der Waals surface area contributed by atoms with E-state index in [1.54, 1.807) is 0 Å². The average Bonchev–Trinajstić information content (AvgIpc) is 3.18. The number of aliphatic hydroxyl groups excluding tert-OH is 2. The van der Waals surface area contributed by atoms with Crippen molar-refractivity contribution in [1.29, 1.82) is 0 Å². The molecule has 1 aromatic carbocycles. The fraction of sp³-hybridized carbons (Fsp3) is 0.393. The molecule has 1 unspecified atom stereocenters. The number of hydrogen-bond acceptors (Lipinski definition) is 8. The molecule has 10 nitrogen and oxygen atoms in total. The molecule has 3 rings (SSSR count). The third-order valence-corrected chi connectivity index (χ3v) is 6.31. The quantitative estimate of drug-likeness (QED) is 0.0867. The summed E-state index contributed by atoms with van der Waals surface area (Å²) in [4.78, 5) is 51.0. The maximum Gasteiger partial charge on any atom is 0.384 e. The summed E-state index contributed by atoms with van der Waals surface area (Å²) in [7, 11) is 0. The normalized spacial score (nSPS) is 18.8. The van der Waals surface area contributed by atoms with E-state index in [2.05, 4.69) is 27.7 Å². The summed E-state index contributed by atoms with van der Waals surface area (Å²) >= 11 is 0. The summed E-state index contributed by atoms with van der Waals surface area (Å²) in [5.74, 6) is -4.52. The molecule has 1 amide bonds. The predicted octanol–water partition coefficient (Wildman–Crippen LogP) is -0.751. The maximum atomic E-state index is 12.0. The molecule has 1 aliphatic carbocycles. The molecule has 202 valence electrons. The van der Waals surface area contributed by atoms with E-state index in [9.17, 15) is 29.4 Å². The Bertz CT molecular complexity index is 1150. The van der Waals surface area contributed by atoms with Crippen LogP contribution >= 0.6 is 0 Å². The number of allylic oxidation sites excluding steroid dienone is 4. The van der Waals surface area contributed by atoms with Gasteiger partial charge in [0.15, 0.2) is 6.21 Å². The van der Waals surface area contributed by atoms with Crippen LogP contribution in [0, 0.1) is 0 Å². The van der Waals surface area contributed by atoms with Gasteiger partial charge in [-0.1, -0.05) is 30.9 Å². The lowest BCUT2D eigenvalue weighted by atomic mass is 9.86. The summed E-state index contributed by atoms with van der Waals surface area (Å²) in [5, 5.41) is 21.0. The van der Waals surface area contributed by atoms with Crippen molar-refractivity contribution in [3.8, 4) is 0 Å². The highest BCUT2D eigenvalue weighted by Gasteiger charge is 2.46. The number of rotatable bonds is 13. The standard InChI is InChI=1S/C28H33N3O7/c1-2-23-20(17-19-7-9-22(10-8-19)31(13-15-32)14-16-33)5-3-6-21(23)18-29-11-4-12-30-27(36)26-24(34)25(35)28(37)38-26/h2,7-10,17-18,26,32-33H,1,3-6,11-16H2,(H,30,36)/p+1/b20-17+,29-18?. The number of nitrogens with one attached hydrogen (secondary N) is 2. The van der Waals surface area contributed by atoms with Crippen molar-refractivity contribution in [2.45, 2.75) is 31.8 Å². The monoisotopic (exact) mass is 524 g/mol. The maximum absolute atomic E-state index is 12.0. The molecular formula is C28H34N3O7+. The highest BCUT2D eigenvalue weighted by molar-refractivity contribution is 6.67. The van der Waals surface area contributed by atoms with Gasteiger partial charge >= 0.3 is 11.8 Å². The first kappa shape index (κ1) is 28.7. The minimum atomic E-state index is -1.68. The van der Waals surface area contributed by atoms with Gasteiger partial charge in [-0.15, -0.1) is 0 Å². The topological polar surface area (TPSA) is 147 Å². The van der Waals surface area contributed by atoms with E-state index < -0.39 is 29.5 Å². The van der Waals surface area contributed by atoms with E-state index in [0.717, 1.165) is 41.7 Å². The zero-order valence-electron chi connectivity index (χ0n) is 21.3. The summed E-state index contributed by atoms with van der Waals surface area (Å²) in [6.07, 6.45) is 7.67. The fourth-order valence-corrected chi connectivity index (χ4v) is 4.40. The SMILES string of the molecule is C=CC1=C(C=[NH+]CCCNC(=O)C2OC(=O)C(=O)C2=O)CCC/C1=C\c1ccc(N(CCO)CCO)cc1. The number of carbonyl (C=O) groups is 4. The molecule has 1 atom stereocenters. The molecular weight excluding hydrogens is 490 g/mol. The van der Waals surface area contributed by atoms with Crippen LogP contribution in [0.2, 0.25) is 0 Å². The van der Waals surface area contributed by atoms with Crippen molar-refractivity contribution in [2.24, 2.45) is 0 Å². The molecule has 1 saturated heterocycles. The minimum absolute atomic E-state index is 0.0159. The second-order valence-corrected chi connectivity index (χ2v) is 8.91. The van der Waals surface area contributed by atoms with Gasteiger partial charge in [0.1, 0.15) is 6.54 Å². The Labute approximate surface area is 221 Å². The Kier molecular flexibility index (Phi) is 10.7. The molecule has 0 aromatic heterocycles. The van der Waals surface area contributed by atoms with Crippen LogP contribution in [0.4, 0.5) is 5.69 Å². The first-order valence-electron chi connectivity index (χ1n) is 12.7. The van der Waals surface area contributed by atoms with Gasteiger partial charge in [-0.3, -0.25) is 14.4 Å². The second-order valence-electron chi connectivity index (χ2n) is 8.91. The van der Waals surface area contributed by atoms with Crippen LogP contribution in [0.15, 0.2) is 53.6 Å². The van der Waals surface area contributed by atoms with Crippen LogP contribution in [0.3, 0.4) is 0 Å². The number of Topliss-reactive ketones (excluding diaryl/α,β-unsaturated/α-hetero) is 2. The van der Waals surface area contributed by atoms with Crippen LogP contribution in [-0.4, -0.2) is 85.4 Å². The molecule has 0 spiro atoms. The number of anilines is 1. The first-order chi connectivity index (χ1) is 18.4. The molecule has 0 saturated carbocycles. The summed E-state index contributed by atoms with van der Waals surface area (Å²) in [5.41, 5.74) is 5.39. The fourth-order valence-electron chi connectivity index (χ4n) is 4.40. The molecule has 1 aliphatic heterocycles. The summed E-state index contributed by atoms with van der Waals surface area (Å²) in [6.45, 7) is 5.76. The molecule has 2 aliphatic rings. The van der Waals surface area contributed by atoms with Gasteiger partial charge in [-0.25, -0.2) is 9.79 Å². The molecule has 38 heavy (non-hydrogen) atoms. The van der Waals surface area contributed by atoms with Gasteiger partial charge in [0.25, 0.3) is 11.7 Å². The third kappa shape index (κ3) is 7.33. The van der Waals surface area contributed by atoms with Crippen molar-refractivity contribution in [1.82, 2.24) is 5.32 Å². The lowest BCUT2D eigenvalue weighted by molar-refractivity contribution is -0.451. The highest BCUT2D eigenvalue weighted by atomic mass is 16.6. The Balaban J connectivity index is 1.56. The van der Waals surface area contributed by atoms with E-state index in [0.29, 0.717) is 26.1 Å². The zero-order valence-corrected chi connectivity index (χ0v) is 21.3. The number of amides is 1. The van der Waals surface area contributed by atoms with Crippen molar-refractivity contribution in [3.63, 3.8) is 0 Å². The Morgan fingerprint density at radius 1 is 1.13 bits per heavy atom. The van der Waals surface area contributed by atoms with E-state index >= 15 is 0 Å². The van der Waals surface area contributed by atoms with Gasteiger partial charge in [0.05, 0.1) is 13.2 Å². The number of benzene rings is 1. The highest BCUT2D eigenvalue weighted by Crippen LogP contribution is 2.31. The number of ketones is 2. The molecule has 1 heterocycles. The molecule has 10 heteroatoms. The Morgan fingerprint density at radius 3 is 2.45 bits per heavy atom. The zero-order chi connectivity index (χ0) is 27.5. The molecule has 0 bridgehead atoms. The Morgan fingerprint density at radius 2 is 1.84 bits per heavy atom. The van der Waals surface area contributed by atoms with E-state index in [4.69, 9.17) is 0 Å². The summed E-state index contributed by atoms with van der Waals surface area (Å²) < 4.78 is 4.50. The van der Waals surface area contributed by atoms with Gasteiger partial charge < -0.3 is 25.2 Å². The van der Waals surface area contributed by atoms with Crippen LogP contribution in [0.5, 0.6) is 0 Å². The molecule has 1 aromatic rings. The van der Waals surface area contributed by atoms with Crippen LogP contribution in [0.1, 0.15) is 31.2 Å². The van der Waals surface area contributed by atoms with Gasteiger partial charge in [0.2, 0.25) is 6.10 Å². The van der Waals surface area contributed by atoms with E-state index in [1.807, 2.05) is 41.5 Å². The number of ether oxygens (including phenoxy) is 1. The van der Waals surface area contributed by atoms with E-state index in [-0.39, 0.29) is 19.8 Å². The first-order valence-corrected chi connectivity index (χ1v) is 12.7. The van der Waals surface area contributed by atoms with E-state index in [1.165, 1.54) is 5.57 Å². The molecule has 1 fully saturated rings. The van der Waals surface area contributed by atoms with Gasteiger partial charge in [-0.05, 0) is 48.1 Å². The predicted molar refractivity (Wildman–Crippen MR) is 141 cm³/mol. The van der Waals surface area contributed by atoms with Crippen LogP contribution in [0.25, 0.3) is 6.08 Å². The smallest absolute Gasteiger partial charge is 0.384 e. The Hall–Kier alpha value is -3.89. The van der Waals surface area contributed by atoms with Crippen molar-refractivity contribution in [3.05, 3.63) is 59.2 Å². The van der Waals surface area contributed by atoms with Crippen LogP contribution < -0.4 is 15.2 Å². The number of hydrogen-bond donors (Lipinski definition) is 4. The molecule has 4 N–H and O–H groups in total. The van der Waals surface area contributed by atoms with Crippen molar-refractivity contribution in [2.75, 3.05) is 44.3 Å². The van der Waals surface area contributed by atoms with Crippen LogP contribution in [-0.2, 0) is 23.9 Å². The van der Waals surface area contributed by atoms with Gasteiger partial charge in [-0.2, -0.15) is 0 Å². The number of esters is 1. The summed E-state index contributed by atoms with van der Waals surface area (Å²) in [6, 6.07) is 8.00. The van der Waals surface area contributed by atoms with Gasteiger partial charge in [0, 0.05) is 37.3 Å². The number of aliphatic hydroxyl groups is 2. The lowest BCUT2D eigenvalue weighted by Crippen LogP contribution is -2.69. The average molecular weight is 525 g/mol. The molecule has 0 radical (unpaired) electrons. The van der Waals surface area contributed by atoms with Crippen molar-refractivity contribution < 1.29 is 39.1 Å². The number of nitrogens with zero attached hydrogens (tertiary/aromatic N) is 1. The number of cyclic esters (lactones) is 1.